The summed E-state index contributed by atoms with van der Waals surface area (Å²) < 4.78 is 0. The smallest absolute Gasteiger partial charge is 0.327 e. The number of nitrogens with one attached hydrogen (secondary N) is 1. The van der Waals surface area contributed by atoms with Crippen LogP contribution in [0.1, 0.15) is 29.3 Å². The Morgan fingerprint density at radius 3 is 2.29 bits per heavy atom. The molecule has 194 valence electrons. The second kappa shape index (κ2) is 12.9. The maximum Gasteiger partial charge on any atom is 0.327 e. The van der Waals surface area contributed by atoms with Crippen molar-refractivity contribution in [1.82, 2.24) is 10.2 Å². The minimum atomic E-state index is -1.14. The van der Waals surface area contributed by atoms with Crippen LogP contribution >= 0.6 is 11.8 Å². The van der Waals surface area contributed by atoms with E-state index in [2.05, 4.69) is 11.4 Å². The number of fused-ring (bicyclic) bond motifs is 1. The summed E-state index contributed by atoms with van der Waals surface area (Å²) in [7, 11) is 0. The molecular weight excluding hydrogens is 496 g/mol. The van der Waals surface area contributed by atoms with Gasteiger partial charge in [0.2, 0.25) is 0 Å². The van der Waals surface area contributed by atoms with Crippen molar-refractivity contribution >= 4 is 40.4 Å². The number of aliphatic carboxylic acids is 1. The minimum Gasteiger partial charge on any atom is -0.480 e. The molecule has 0 fully saturated rings. The van der Waals surface area contributed by atoms with E-state index in [1.165, 1.54) is 11.8 Å². The molecule has 0 aliphatic rings. The van der Waals surface area contributed by atoms with Gasteiger partial charge >= 0.3 is 12.0 Å². The fraction of sp³-hybridized carbons (Fsp3) is 0.194. The number of hydrogen-bond acceptors (Lipinski definition) is 4. The Morgan fingerprint density at radius 1 is 0.842 bits per heavy atom. The summed E-state index contributed by atoms with van der Waals surface area (Å²) in [6.07, 6.45) is 0.546. The monoisotopic (exact) mass is 526 g/mol. The van der Waals surface area contributed by atoms with Crippen LogP contribution in [-0.2, 0) is 10.5 Å². The second-order valence-corrected chi connectivity index (χ2v) is 9.97. The van der Waals surface area contributed by atoms with Crippen LogP contribution in [0.15, 0.2) is 97.1 Å². The van der Waals surface area contributed by atoms with Gasteiger partial charge in [-0.2, -0.15) is 11.8 Å². The van der Waals surface area contributed by atoms with Crippen molar-refractivity contribution in [3.05, 3.63) is 108 Å². The van der Waals surface area contributed by atoms with E-state index in [0.717, 1.165) is 32.4 Å². The Hall–Kier alpha value is -4.10. The lowest BCUT2D eigenvalue weighted by molar-refractivity contribution is -0.138. The first-order valence-electron chi connectivity index (χ1n) is 12.5. The van der Waals surface area contributed by atoms with Crippen molar-refractivity contribution in [3.8, 4) is 11.1 Å². The minimum absolute atomic E-state index is 0.175. The van der Waals surface area contributed by atoms with Crippen LogP contribution < -0.4 is 5.32 Å². The molecule has 4 rings (SSSR count). The molecule has 0 unspecified atom stereocenters. The fourth-order valence-corrected chi connectivity index (χ4v) is 5.15. The number of carbonyl (C=O) groups is 3. The van der Waals surface area contributed by atoms with Crippen LogP contribution in [0.25, 0.3) is 21.9 Å². The van der Waals surface area contributed by atoms with Gasteiger partial charge in [0, 0.05) is 23.6 Å². The van der Waals surface area contributed by atoms with E-state index in [1.54, 1.807) is 18.2 Å². The summed E-state index contributed by atoms with van der Waals surface area (Å²) in [5.74, 6) is -0.796. The Labute approximate surface area is 226 Å². The third-order valence-electron chi connectivity index (χ3n) is 6.12. The molecule has 7 heteroatoms. The van der Waals surface area contributed by atoms with E-state index in [-0.39, 0.29) is 12.3 Å². The molecule has 0 aliphatic heterocycles. The van der Waals surface area contributed by atoms with Crippen LogP contribution in [0.2, 0.25) is 0 Å². The molecule has 0 heterocycles. The number of thioether (sulfide) groups is 1. The highest BCUT2D eigenvalue weighted by Crippen LogP contribution is 2.25. The molecule has 3 amide bonds. The Bertz CT molecular complexity index is 1420. The highest BCUT2D eigenvalue weighted by molar-refractivity contribution is 7.98. The van der Waals surface area contributed by atoms with Crippen molar-refractivity contribution < 1.29 is 19.5 Å². The number of hydrogen-bond donors (Lipinski definition) is 2. The largest absolute Gasteiger partial charge is 0.480 e. The molecule has 6 nitrogen and oxygen atoms in total. The van der Waals surface area contributed by atoms with Crippen LogP contribution in [0, 0.1) is 0 Å². The quantitative estimate of drug-likeness (QED) is 0.248. The molecule has 4 aromatic carbocycles. The number of nitrogens with zero attached hydrogens (tertiary/aromatic N) is 1. The summed E-state index contributed by atoms with van der Waals surface area (Å²) >= 11 is 1.42. The van der Waals surface area contributed by atoms with Crippen LogP contribution in [0.5, 0.6) is 0 Å². The number of benzene rings is 4. The van der Waals surface area contributed by atoms with Gasteiger partial charge in [0.1, 0.15) is 6.04 Å². The molecule has 0 aromatic heterocycles. The van der Waals surface area contributed by atoms with Crippen molar-refractivity contribution in [2.24, 2.45) is 0 Å². The van der Waals surface area contributed by atoms with Gasteiger partial charge in [0.15, 0.2) is 0 Å². The van der Waals surface area contributed by atoms with Crippen molar-refractivity contribution in [1.29, 1.82) is 0 Å². The van der Waals surface area contributed by atoms with Crippen molar-refractivity contribution in [3.63, 3.8) is 0 Å². The van der Waals surface area contributed by atoms with E-state index >= 15 is 0 Å². The topological polar surface area (TPSA) is 86.7 Å². The maximum absolute atomic E-state index is 13.4. The fourth-order valence-electron chi connectivity index (χ4n) is 4.15. The Kier molecular flexibility index (Phi) is 9.16. The van der Waals surface area contributed by atoms with E-state index in [0.29, 0.717) is 17.7 Å². The van der Waals surface area contributed by atoms with E-state index in [4.69, 9.17) is 0 Å². The lowest BCUT2D eigenvalue weighted by Gasteiger charge is -2.23. The summed E-state index contributed by atoms with van der Waals surface area (Å²) in [4.78, 5) is 39.5. The number of amides is 3. The van der Waals surface area contributed by atoms with Gasteiger partial charge in [-0.15, -0.1) is 0 Å². The Morgan fingerprint density at radius 2 is 1.55 bits per heavy atom. The summed E-state index contributed by atoms with van der Waals surface area (Å²) in [6.45, 7) is 2.04. The summed E-state index contributed by atoms with van der Waals surface area (Å²) in [6, 6.07) is 29.2. The summed E-state index contributed by atoms with van der Waals surface area (Å²) in [5, 5.41) is 14.5. The average molecular weight is 527 g/mol. The number of rotatable bonds is 10. The van der Waals surface area contributed by atoms with E-state index in [9.17, 15) is 19.5 Å². The van der Waals surface area contributed by atoms with E-state index in [1.807, 2.05) is 79.7 Å². The van der Waals surface area contributed by atoms with Crippen molar-refractivity contribution in [2.75, 3.05) is 12.3 Å². The van der Waals surface area contributed by atoms with Crippen LogP contribution in [0.4, 0.5) is 4.79 Å². The average Bonchev–Trinajstić information content (AvgIpc) is 2.95. The first kappa shape index (κ1) is 26.9. The molecule has 0 spiro atoms. The van der Waals surface area contributed by atoms with Gasteiger partial charge in [-0.1, -0.05) is 85.8 Å². The van der Waals surface area contributed by atoms with Crippen LogP contribution in [0.3, 0.4) is 0 Å². The molecule has 0 bridgehead atoms. The normalized spacial score (nSPS) is 11.6. The zero-order valence-electron chi connectivity index (χ0n) is 21.2. The third kappa shape index (κ3) is 6.81. The van der Waals surface area contributed by atoms with Gasteiger partial charge in [-0.3, -0.25) is 9.69 Å². The zero-order valence-corrected chi connectivity index (χ0v) is 22.0. The first-order valence-corrected chi connectivity index (χ1v) is 13.7. The lowest BCUT2D eigenvalue weighted by atomic mass is 9.99. The van der Waals surface area contributed by atoms with Gasteiger partial charge in [0.25, 0.3) is 5.91 Å². The predicted octanol–water partition coefficient (Wildman–Crippen LogP) is 6.46. The van der Waals surface area contributed by atoms with Crippen LogP contribution in [-0.4, -0.2) is 46.3 Å². The van der Waals surface area contributed by atoms with E-state index < -0.39 is 23.9 Å². The molecule has 0 aliphatic carbocycles. The maximum atomic E-state index is 13.4. The predicted molar refractivity (Wildman–Crippen MR) is 153 cm³/mol. The van der Waals surface area contributed by atoms with Crippen molar-refractivity contribution in [2.45, 2.75) is 25.1 Å². The molecule has 0 saturated heterocycles. The third-order valence-corrected chi connectivity index (χ3v) is 7.23. The highest BCUT2D eigenvalue weighted by Gasteiger charge is 2.27. The number of carboxylic acids is 1. The molecule has 1 atom stereocenters. The number of carboxylic acid groups (broad SMARTS) is 1. The number of carbonyl (C=O) groups excluding carboxylic acids is 2. The standard InChI is InChI=1S/C31H30N2O4S/c1-2-17-33(31(37)32-28(30(35)36)21-38-20-22-9-4-3-5-10-22)29(34)27-14-8-13-25(19-27)26-16-15-23-11-6-7-12-24(23)18-26/h3-16,18-19,28H,2,17,20-21H2,1H3,(H,32,37)(H,35,36)/t28-/m0/s1. The second-order valence-electron chi connectivity index (χ2n) is 8.94. The molecule has 4 aromatic rings. The SMILES string of the molecule is CCCN(C(=O)N[C@@H](CSCc1ccccc1)C(=O)O)C(=O)c1cccc(-c2ccc3ccccc3c2)c1. The molecule has 0 saturated carbocycles. The molecule has 2 N–H and O–H groups in total. The molecule has 38 heavy (non-hydrogen) atoms. The van der Waals surface area contributed by atoms with Gasteiger partial charge in [-0.25, -0.2) is 9.59 Å². The van der Waals surface area contributed by atoms with Gasteiger partial charge in [0.05, 0.1) is 0 Å². The Balaban J connectivity index is 1.47. The number of imide groups is 1. The molecular formula is C31H30N2O4S. The summed E-state index contributed by atoms with van der Waals surface area (Å²) in [5.41, 5.74) is 3.26. The zero-order chi connectivity index (χ0) is 26.9. The van der Waals surface area contributed by atoms with Gasteiger partial charge in [-0.05, 0) is 52.1 Å². The lowest BCUT2D eigenvalue weighted by Crippen LogP contribution is -2.51. The molecule has 0 radical (unpaired) electrons. The first-order chi connectivity index (χ1) is 18.5. The van der Waals surface area contributed by atoms with Gasteiger partial charge < -0.3 is 10.4 Å². The highest BCUT2D eigenvalue weighted by atomic mass is 32.2. The number of urea groups is 1.